The first-order valence-electron chi connectivity index (χ1n) is 6.27. The third kappa shape index (κ3) is 5.55. The molecular weight excluding hydrogens is 264 g/mol. The zero-order chi connectivity index (χ0) is 14.8. The van der Waals surface area contributed by atoms with Crippen molar-refractivity contribution in [1.29, 1.82) is 0 Å². The van der Waals surface area contributed by atoms with Crippen molar-refractivity contribution in [3.63, 3.8) is 0 Å². The summed E-state index contributed by atoms with van der Waals surface area (Å²) >= 11 is 0. The maximum absolute atomic E-state index is 11.5. The Labute approximate surface area is 117 Å². The van der Waals surface area contributed by atoms with Gasteiger partial charge in [0.2, 0.25) is 0 Å². The highest BCUT2D eigenvalue weighted by Gasteiger charge is 2.12. The van der Waals surface area contributed by atoms with Gasteiger partial charge in [0.05, 0.1) is 13.7 Å². The van der Waals surface area contributed by atoms with Crippen LogP contribution in [-0.2, 0) is 9.53 Å². The summed E-state index contributed by atoms with van der Waals surface area (Å²) in [6.45, 7) is 2.08. The number of rotatable bonds is 7. The molecule has 1 amide bonds. The Hall–Kier alpha value is -2.31. The van der Waals surface area contributed by atoms with Crippen LogP contribution in [0, 0.1) is 0 Å². The van der Waals surface area contributed by atoms with E-state index in [9.17, 15) is 9.59 Å². The van der Waals surface area contributed by atoms with Gasteiger partial charge in [-0.3, -0.25) is 4.79 Å². The van der Waals surface area contributed by atoms with Gasteiger partial charge < -0.3 is 19.5 Å². The number of nitrogens with zero attached hydrogens (tertiary/aromatic N) is 1. The molecule has 1 aromatic rings. The van der Waals surface area contributed by atoms with E-state index in [1.54, 1.807) is 12.1 Å². The zero-order valence-corrected chi connectivity index (χ0v) is 11.5. The summed E-state index contributed by atoms with van der Waals surface area (Å²) in [4.78, 5) is 26.6. The summed E-state index contributed by atoms with van der Waals surface area (Å²) in [6.07, 6.45) is 2.39. The van der Waals surface area contributed by atoms with Crippen LogP contribution in [0.5, 0.6) is 11.6 Å². The largest absolute Gasteiger partial charge is 0.491 e. The van der Waals surface area contributed by atoms with Crippen molar-refractivity contribution in [2.75, 3.05) is 20.3 Å². The summed E-state index contributed by atoms with van der Waals surface area (Å²) < 4.78 is 14.8. The minimum absolute atomic E-state index is 0.0341. The summed E-state index contributed by atoms with van der Waals surface area (Å²) in [5.74, 6) is -0.150. The van der Waals surface area contributed by atoms with Crippen LogP contribution in [0.25, 0.3) is 0 Å². The van der Waals surface area contributed by atoms with Gasteiger partial charge in [-0.1, -0.05) is 13.3 Å². The first-order chi connectivity index (χ1) is 9.67. The lowest BCUT2D eigenvalue weighted by Gasteiger charge is -2.08. The topological polar surface area (TPSA) is 86.8 Å². The molecule has 0 saturated carbocycles. The molecule has 1 heterocycles. The van der Waals surface area contributed by atoms with Crippen molar-refractivity contribution in [3.05, 3.63) is 18.3 Å². The van der Waals surface area contributed by atoms with Crippen molar-refractivity contribution >= 4 is 12.1 Å². The fraction of sp³-hybridized carbons (Fsp3) is 0.462. The lowest BCUT2D eigenvalue weighted by Crippen LogP contribution is -2.33. The van der Waals surface area contributed by atoms with Crippen LogP contribution in [0.1, 0.15) is 19.8 Å². The maximum Gasteiger partial charge on any atom is 0.414 e. The molecular formula is C13H18N2O5. The van der Waals surface area contributed by atoms with Crippen LogP contribution in [0.2, 0.25) is 0 Å². The number of methoxy groups -OCH3 is 1. The number of carbonyl (C=O) groups excluding carboxylic acids is 2. The van der Waals surface area contributed by atoms with E-state index in [0.717, 1.165) is 12.8 Å². The summed E-state index contributed by atoms with van der Waals surface area (Å²) in [5.41, 5.74) is 0. The molecule has 0 spiro atoms. The first-order valence-corrected chi connectivity index (χ1v) is 6.27. The number of esters is 1. The second-order valence-electron chi connectivity index (χ2n) is 3.83. The second-order valence-corrected chi connectivity index (χ2v) is 3.83. The lowest BCUT2D eigenvalue weighted by atomic mass is 10.4. The molecule has 7 heteroatoms. The standard InChI is InChI=1S/C13H18N2O5/c1-3-4-8-19-11(16)9-15-13(17)20-12-10(18-2)6-5-7-14-12/h5-7H,3-4,8-9H2,1-2H3,(H,15,17). The van der Waals surface area contributed by atoms with E-state index < -0.39 is 12.1 Å². The van der Waals surface area contributed by atoms with Gasteiger partial charge in [0.1, 0.15) is 6.54 Å². The molecule has 0 fully saturated rings. The molecule has 0 aliphatic heterocycles. The smallest absolute Gasteiger partial charge is 0.414 e. The normalized spacial score (nSPS) is 9.70. The van der Waals surface area contributed by atoms with Crippen molar-refractivity contribution in [1.82, 2.24) is 10.3 Å². The van der Waals surface area contributed by atoms with Gasteiger partial charge in [-0.05, 0) is 18.6 Å². The number of ether oxygens (including phenoxy) is 3. The highest BCUT2D eigenvalue weighted by molar-refractivity contribution is 5.78. The molecule has 0 saturated heterocycles. The van der Waals surface area contributed by atoms with Gasteiger partial charge in [0.25, 0.3) is 5.88 Å². The van der Waals surface area contributed by atoms with Crippen molar-refractivity contribution in [3.8, 4) is 11.6 Å². The Morgan fingerprint density at radius 2 is 2.20 bits per heavy atom. The summed E-state index contributed by atoms with van der Waals surface area (Å²) in [7, 11) is 1.44. The second kappa shape index (κ2) is 8.73. The molecule has 1 N–H and O–H groups in total. The van der Waals surface area contributed by atoms with E-state index in [4.69, 9.17) is 14.2 Å². The molecule has 110 valence electrons. The van der Waals surface area contributed by atoms with E-state index in [0.29, 0.717) is 12.4 Å². The van der Waals surface area contributed by atoms with Crippen LogP contribution >= 0.6 is 0 Å². The molecule has 0 aliphatic rings. The van der Waals surface area contributed by atoms with Gasteiger partial charge >= 0.3 is 12.1 Å². The lowest BCUT2D eigenvalue weighted by molar-refractivity contribution is -0.142. The third-order valence-corrected chi connectivity index (χ3v) is 2.28. The maximum atomic E-state index is 11.5. The number of unbranched alkanes of at least 4 members (excludes halogenated alkanes) is 1. The third-order valence-electron chi connectivity index (χ3n) is 2.28. The van der Waals surface area contributed by atoms with E-state index >= 15 is 0 Å². The van der Waals surface area contributed by atoms with Crippen molar-refractivity contribution in [2.24, 2.45) is 0 Å². The molecule has 0 aliphatic carbocycles. The Morgan fingerprint density at radius 3 is 2.90 bits per heavy atom. The van der Waals surface area contributed by atoms with E-state index in [1.165, 1.54) is 13.3 Å². The quantitative estimate of drug-likeness (QED) is 0.602. The fourth-order valence-electron chi connectivity index (χ4n) is 1.26. The number of carbonyl (C=O) groups is 2. The van der Waals surface area contributed by atoms with Gasteiger partial charge in [-0.2, -0.15) is 0 Å². The van der Waals surface area contributed by atoms with Gasteiger partial charge in [-0.15, -0.1) is 0 Å². The number of pyridine rings is 1. The molecule has 1 aromatic heterocycles. The average molecular weight is 282 g/mol. The SMILES string of the molecule is CCCCOC(=O)CNC(=O)Oc1ncccc1OC. The highest BCUT2D eigenvalue weighted by atomic mass is 16.6. The molecule has 0 bridgehead atoms. The molecule has 0 atom stereocenters. The predicted molar refractivity (Wildman–Crippen MR) is 70.7 cm³/mol. The highest BCUT2D eigenvalue weighted by Crippen LogP contribution is 2.22. The van der Waals surface area contributed by atoms with Crippen molar-refractivity contribution in [2.45, 2.75) is 19.8 Å². The Kier molecular flexibility index (Phi) is 6.88. The molecule has 0 radical (unpaired) electrons. The Balaban J connectivity index is 2.35. The number of hydrogen-bond donors (Lipinski definition) is 1. The molecule has 0 unspecified atom stereocenters. The molecule has 1 rings (SSSR count). The van der Waals surface area contributed by atoms with Gasteiger partial charge in [0, 0.05) is 6.20 Å². The Bertz CT molecular complexity index is 450. The number of aromatic nitrogens is 1. The van der Waals surface area contributed by atoms with Crippen LogP contribution in [-0.4, -0.2) is 37.3 Å². The van der Waals surface area contributed by atoms with Crippen LogP contribution in [0.15, 0.2) is 18.3 Å². The van der Waals surface area contributed by atoms with Crippen LogP contribution < -0.4 is 14.8 Å². The van der Waals surface area contributed by atoms with Crippen LogP contribution in [0.4, 0.5) is 4.79 Å². The van der Waals surface area contributed by atoms with Crippen LogP contribution in [0.3, 0.4) is 0 Å². The Morgan fingerprint density at radius 1 is 1.40 bits per heavy atom. The zero-order valence-electron chi connectivity index (χ0n) is 11.5. The molecule has 0 aromatic carbocycles. The van der Waals surface area contributed by atoms with E-state index in [-0.39, 0.29) is 12.4 Å². The van der Waals surface area contributed by atoms with Crippen molar-refractivity contribution < 1.29 is 23.8 Å². The predicted octanol–water partition coefficient (Wildman–Crippen LogP) is 1.52. The van der Waals surface area contributed by atoms with Gasteiger partial charge in [-0.25, -0.2) is 9.78 Å². The van der Waals surface area contributed by atoms with E-state index in [2.05, 4.69) is 10.3 Å². The molecule has 7 nitrogen and oxygen atoms in total. The van der Waals surface area contributed by atoms with Gasteiger partial charge in [0.15, 0.2) is 5.75 Å². The molecule has 20 heavy (non-hydrogen) atoms. The fourth-order valence-corrected chi connectivity index (χ4v) is 1.26. The number of hydrogen-bond acceptors (Lipinski definition) is 6. The van der Waals surface area contributed by atoms with E-state index in [1.807, 2.05) is 6.92 Å². The average Bonchev–Trinajstić information content (AvgIpc) is 2.46. The monoisotopic (exact) mass is 282 g/mol. The minimum atomic E-state index is -0.797. The summed E-state index contributed by atoms with van der Waals surface area (Å²) in [6, 6.07) is 3.25. The first kappa shape index (κ1) is 15.7. The minimum Gasteiger partial charge on any atom is -0.491 e. The number of nitrogens with one attached hydrogen (secondary N) is 1. The number of amides is 1. The summed E-state index contributed by atoms with van der Waals surface area (Å²) in [5, 5.41) is 2.28.